The average Bonchev–Trinajstić information content (AvgIpc) is 2.80. The molecule has 0 radical (unpaired) electrons. The SMILES string of the molecule is O/N=C(/Cn1cccn1)c1ccccc1. The van der Waals surface area contributed by atoms with Crippen molar-refractivity contribution >= 4 is 5.71 Å². The molecule has 1 N–H and O–H groups in total. The molecule has 0 bridgehead atoms. The molecule has 4 nitrogen and oxygen atoms in total. The van der Waals surface area contributed by atoms with E-state index in [9.17, 15) is 0 Å². The van der Waals surface area contributed by atoms with E-state index in [1.54, 1.807) is 10.9 Å². The number of rotatable bonds is 3. The van der Waals surface area contributed by atoms with Gasteiger partial charge in [0.2, 0.25) is 0 Å². The topological polar surface area (TPSA) is 50.4 Å². The highest BCUT2D eigenvalue weighted by atomic mass is 16.4. The molecule has 0 amide bonds. The molecule has 1 aromatic carbocycles. The molecule has 0 saturated carbocycles. The molecular formula is C11H11N3O. The zero-order valence-electron chi connectivity index (χ0n) is 8.11. The minimum atomic E-state index is 0.466. The van der Waals surface area contributed by atoms with E-state index in [-0.39, 0.29) is 0 Å². The third-order valence-corrected chi connectivity index (χ3v) is 2.10. The summed E-state index contributed by atoms with van der Waals surface area (Å²) in [7, 11) is 0. The highest BCUT2D eigenvalue weighted by Crippen LogP contribution is 2.02. The Balaban J connectivity index is 2.20. The molecule has 76 valence electrons. The number of hydrogen-bond acceptors (Lipinski definition) is 3. The van der Waals surface area contributed by atoms with E-state index in [4.69, 9.17) is 5.21 Å². The van der Waals surface area contributed by atoms with Crippen LogP contribution in [0.4, 0.5) is 0 Å². The molecule has 0 aliphatic carbocycles. The van der Waals surface area contributed by atoms with Gasteiger partial charge in [-0.2, -0.15) is 5.10 Å². The highest BCUT2D eigenvalue weighted by molar-refractivity contribution is 5.99. The first kappa shape index (κ1) is 9.45. The maximum absolute atomic E-state index is 8.93. The number of oxime groups is 1. The fraction of sp³-hybridized carbons (Fsp3) is 0.0909. The van der Waals surface area contributed by atoms with Crippen molar-refractivity contribution in [3.8, 4) is 0 Å². The molecule has 0 aliphatic heterocycles. The summed E-state index contributed by atoms with van der Waals surface area (Å²) in [6.07, 6.45) is 3.52. The Morgan fingerprint density at radius 2 is 2.07 bits per heavy atom. The van der Waals surface area contributed by atoms with Crippen LogP contribution in [-0.4, -0.2) is 20.7 Å². The second-order valence-electron chi connectivity index (χ2n) is 3.12. The molecule has 0 atom stereocenters. The van der Waals surface area contributed by atoms with Crippen LogP contribution in [-0.2, 0) is 6.54 Å². The molecule has 2 aromatic rings. The van der Waals surface area contributed by atoms with Crippen molar-refractivity contribution in [2.45, 2.75) is 6.54 Å². The van der Waals surface area contributed by atoms with Crippen molar-refractivity contribution in [2.24, 2.45) is 5.16 Å². The minimum Gasteiger partial charge on any atom is -0.411 e. The summed E-state index contributed by atoms with van der Waals surface area (Å²) < 4.78 is 1.71. The van der Waals surface area contributed by atoms with Gasteiger partial charge in [-0.25, -0.2) is 0 Å². The highest BCUT2D eigenvalue weighted by Gasteiger charge is 2.04. The number of aromatic nitrogens is 2. The second kappa shape index (κ2) is 4.41. The van der Waals surface area contributed by atoms with E-state index in [0.29, 0.717) is 12.3 Å². The Hall–Kier alpha value is -2.10. The summed E-state index contributed by atoms with van der Waals surface area (Å²) in [4.78, 5) is 0. The smallest absolute Gasteiger partial charge is 0.108 e. The van der Waals surface area contributed by atoms with Gasteiger partial charge in [-0.3, -0.25) is 4.68 Å². The molecule has 0 unspecified atom stereocenters. The van der Waals surface area contributed by atoms with Gasteiger partial charge in [0.05, 0.1) is 6.54 Å². The number of hydrogen-bond donors (Lipinski definition) is 1. The third-order valence-electron chi connectivity index (χ3n) is 2.10. The van der Waals surface area contributed by atoms with Crippen molar-refractivity contribution in [1.29, 1.82) is 0 Å². The fourth-order valence-electron chi connectivity index (χ4n) is 1.36. The normalized spacial score (nSPS) is 11.6. The zero-order chi connectivity index (χ0) is 10.5. The standard InChI is InChI=1S/C11H11N3O/c15-13-11(9-14-8-4-7-12-14)10-5-2-1-3-6-10/h1-8,15H,9H2/b13-11-. The molecule has 0 saturated heterocycles. The van der Waals surface area contributed by atoms with Gasteiger partial charge in [0.15, 0.2) is 0 Å². The average molecular weight is 201 g/mol. The van der Waals surface area contributed by atoms with Gasteiger partial charge in [0, 0.05) is 18.0 Å². The predicted molar refractivity (Wildman–Crippen MR) is 57.0 cm³/mol. The lowest BCUT2D eigenvalue weighted by molar-refractivity contribution is 0.317. The van der Waals surface area contributed by atoms with E-state index in [2.05, 4.69) is 10.3 Å². The van der Waals surface area contributed by atoms with E-state index in [0.717, 1.165) is 5.56 Å². The van der Waals surface area contributed by atoms with Gasteiger partial charge >= 0.3 is 0 Å². The van der Waals surface area contributed by atoms with Gasteiger partial charge in [-0.15, -0.1) is 0 Å². The van der Waals surface area contributed by atoms with Crippen LogP contribution in [0.5, 0.6) is 0 Å². The Bertz CT molecular complexity index is 434. The van der Waals surface area contributed by atoms with Crippen molar-refractivity contribution in [1.82, 2.24) is 9.78 Å². The molecule has 0 aliphatic rings. The summed E-state index contributed by atoms with van der Waals surface area (Å²) in [5, 5.41) is 16.3. The number of nitrogens with zero attached hydrogens (tertiary/aromatic N) is 3. The summed E-state index contributed by atoms with van der Waals surface area (Å²) in [6, 6.07) is 11.4. The maximum atomic E-state index is 8.93. The monoisotopic (exact) mass is 201 g/mol. The lowest BCUT2D eigenvalue weighted by Crippen LogP contribution is -2.11. The van der Waals surface area contributed by atoms with E-state index < -0.39 is 0 Å². The van der Waals surface area contributed by atoms with Gasteiger partial charge < -0.3 is 5.21 Å². The van der Waals surface area contributed by atoms with Crippen molar-refractivity contribution in [3.05, 3.63) is 54.4 Å². The summed E-state index contributed by atoms with van der Waals surface area (Å²) in [6.45, 7) is 0.466. The second-order valence-corrected chi connectivity index (χ2v) is 3.12. The zero-order valence-corrected chi connectivity index (χ0v) is 8.11. The molecule has 0 spiro atoms. The van der Waals surface area contributed by atoms with Crippen LogP contribution < -0.4 is 0 Å². The van der Waals surface area contributed by atoms with Crippen molar-refractivity contribution in [2.75, 3.05) is 0 Å². The van der Waals surface area contributed by atoms with Crippen molar-refractivity contribution in [3.63, 3.8) is 0 Å². The molecule has 15 heavy (non-hydrogen) atoms. The first-order valence-corrected chi connectivity index (χ1v) is 4.64. The van der Waals surface area contributed by atoms with Gasteiger partial charge in [-0.1, -0.05) is 35.5 Å². The van der Waals surface area contributed by atoms with E-state index >= 15 is 0 Å². The maximum Gasteiger partial charge on any atom is 0.108 e. The molecule has 1 aromatic heterocycles. The van der Waals surface area contributed by atoms with Crippen molar-refractivity contribution < 1.29 is 5.21 Å². The van der Waals surface area contributed by atoms with Gasteiger partial charge in [-0.05, 0) is 6.07 Å². The van der Waals surface area contributed by atoms with Crippen LogP contribution in [0, 0.1) is 0 Å². The molecule has 0 fully saturated rings. The molecule has 2 rings (SSSR count). The predicted octanol–water partition coefficient (Wildman–Crippen LogP) is 1.76. The molecular weight excluding hydrogens is 190 g/mol. The van der Waals surface area contributed by atoms with Crippen LogP contribution in [0.15, 0.2) is 53.9 Å². The number of benzene rings is 1. The minimum absolute atomic E-state index is 0.466. The van der Waals surface area contributed by atoms with Crippen LogP contribution in [0.25, 0.3) is 0 Å². The van der Waals surface area contributed by atoms with Crippen LogP contribution >= 0.6 is 0 Å². The Morgan fingerprint density at radius 3 is 2.67 bits per heavy atom. The first-order valence-electron chi connectivity index (χ1n) is 4.64. The van der Waals surface area contributed by atoms with Crippen LogP contribution in [0.1, 0.15) is 5.56 Å². The summed E-state index contributed by atoms with van der Waals surface area (Å²) >= 11 is 0. The fourth-order valence-corrected chi connectivity index (χ4v) is 1.36. The summed E-state index contributed by atoms with van der Waals surface area (Å²) in [5.74, 6) is 0. The Kier molecular flexibility index (Phi) is 2.78. The van der Waals surface area contributed by atoms with Crippen LogP contribution in [0.2, 0.25) is 0 Å². The van der Waals surface area contributed by atoms with E-state index in [1.165, 1.54) is 0 Å². The quantitative estimate of drug-likeness (QED) is 0.467. The molecule has 4 heteroatoms. The van der Waals surface area contributed by atoms with Gasteiger partial charge in [0.1, 0.15) is 5.71 Å². The Morgan fingerprint density at radius 1 is 1.27 bits per heavy atom. The molecule has 1 heterocycles. The lowest BCUT2D eigenvalue weighted by Gasteiger charge is -2.04. The first-order chi connectivity index (χ1) is 7.40. The largest absolute Gasteiger partial charge is 0.411 e. The van der Waals surface area contributed by atoms with Crippen LogP contribution in [0.3, 0.4) is 0 Å². The Labute approximate surface area is 87.5 Å². The van der Waals surface area contributed by atoms with Gasteiger partial charge in [0.25, 0.3) is 0 Å². The summed E-state index contributed by atoms with van der Waals surface area (Å²) in [5.41, 5.74) is 1.50. The lowest BCUT2D eigenvalue weighted by atomic mass is 10.1. The third kappa shape index (κ3) is 2.22. The van der Waals surface area contributed by atoms with E-state index in [1.807, 2.05) is 42.6 Å².